The molecule has 0 aromatic heterocycles. The number of hydrogen-bond donors (Lipinski definition) is 1. The van der Waals surface area contributed by atoms with Crippen LogP contribution in [0.25, 0.3) is 0 Å². The van der Waals surface area contributed by atoms with Crippen LogP contribution in [0.4, 0.5) is 0 Å². The summed E-state index contributed by atoms with van der Waals surface area (Å²) >= 11 is 0. The van der Waals surface area contributed by atoms with Gasteiger partial charge in [-0.25, -0.2) is 0 Å². The number of likely N-dealkylation sites (tertiary alicyclic amines) is 1. The van der Waals surface area contributed by atoms with Crippen LogP contribution in [0.2, 0.25) is 0 Å². The molecule has 2 aliphatic heterocycles. The van der Waals surface area contributed by atoms with E-state index in [-0.39, 0.29) is 12.1 Å². The maximum absolute atomic E-state index is 10.6. The van der Waals surface area contributed by atoms with Crippen LogP contribution in [-0.2, 0) is 11.2 Å². The molecule has 1 aliphatic carbocycles. The highest BCUT2D eigenvalue weighted by Gasteiger charge is 2.46. The fraction of sp³-hybridized carbons (Fsp3) is 0.625. The van der Waals surface area contributed by atoms with Crippen LogP contribution in [0.3, 0.4) is 0 Å². The van der Waals surface area contributed by atoms with Crippen LogP contribution < -0.4 is 0 Å². The van der Waals surface area contributed by atoms with Crippen LogP contribution >= 0.6 is 0 Å². The molecule has 19 heavy (non-hydrogen) atoms. The molecule has 3 nitrogen and oxygen atoms in total. The normalized spacial score (nSPS) is 38.2. The van der Waals surface area contributed by atoms with E-state index in [2.05, 4.69) is 23.1 Å². The van der Waals surface area contributed by atoms with E-state index in [0.717, 1.165) is 38.3 Å². The van der Waals surface area contributed by atoms with Gasteiger partial charge < -0.3 is 9.84 Å². The van der Waals surface area contributed by atoms with Gasteiger partial charge in [-0.1, -0.05) is 24.3 Å². The summed E-state index contributed by atoms with van der Waals surface area (Å²) in [6.07, 6.45) is 3.11. The minimum atomic E-state index is -0.311. The molecule has 3 atom stereocenters. The Kier molecular flexibility index (Phi) is 2.69. The van der Waals surface area contributed by atoms with Crippen molar-refractivity contribution in [3.63, 3.8) is 0 Å². The van der Waals surface area contributed by atoms with Crippen molar-refractivity contribution in [1.82, 2.24) is 4.90 Å². The lowest BCUT2D eigenvalue weighted by Gasteiger charge is -2.29. The third kappa shape index (κ3) is 1.83. The zero-order valence-corrected chi connectivity index (χ0v) is 11.2. The number of rotatable bonds is 1. The summed E-state index contributed by atoms with van der Waals surface area (Å²) in [7, 11) is 0. The number of ether oxygens (including phenoxy) is 1. The Labute approximate surface area is 114 Å². The Morgan fingerprint density at radius 3 is 2.95 bits per heavy atom. The number of aliphatic hydroxyl groups is 1. The highest BCUT2D eigenvalue weighted by Crippen LogP contribution is 2.43. The van der Waals surface area contributed by atoms with E-state index in [0.29, 0.717) is 5.41 Å². The smallest absolute Gasteiger partial charge is 0.0951 e. The first-order valence-electron chi connectivity index (χ1n) is 7.35. The second-order valence-corrected chi connectivity index (χ2v) is 6.44. The standard InChI is InChI=1S/C16H21NO2/c18-15-13-4-2-1-3-12(13)9-14(15)17-7-5-16(10-17)6-8-19-11-16/h1-4,14-15,18H,5-11H2. The molecule has 0 bridgehead atoms. The molecule has 0 amide bonds. The van der Waals surface area contributed by atoms with Gasteiger partial charge in [0.2, 0.25) is 0 Å². The molecule has 0 saturated carbocycles. The van der Waals surface area contributed by atoms with E-state index >= 15 is 0 Å². The van der Waals surface area contributed by atoms with E-state index in [4.69, 9.17) is 4.74 Å². The fourth-order valence-electron chi connectivity index (χ4n) is 4.11. The summed E-state index contributed by atoms with van der Waals surface area (Å²) in [5, 5.41) is 10.6. The van der Waals surface area contributed by atoms with E-state index < -0.39 is 0 Å². The van der Waals surface area contributed by atoms with Crippen molar-refractivity contribution in [2.24, 2.45) is 5.41 Å². The van der Waals surface area contributed by atoms with E-state index in [1.54, 1.807) is 0 Å². The molecular weight excluding hydrogens is 238 g/mol. The maximum atomic E-state index is 10.6. The molecule has 2 saturated heterocycles. The van der Waals surface area contributed by atoms with Gasteiger partial charge in [0.1, 0.15) is 0 Å². The molecule has 3 unspecified atom stereocenters. The monoisotopic (exact) mass is 259 g/mol. The number of aliphatic hydroxyl groups excluding tert-OH is 1. The van der Waals surface area contributed by atoms with Crippen molar-refractivity contribution < 1.29 is 9.84 Å². The number of fused-ring (bicyclic) bond motifs is 1. The minimum absolute atomic E-state index is 0.275. The predicted octanol–water partition coefficient (Wildman–Crippen LogP) is 1.76. The highest BCUT2D eigenvalue weighted by molar-refractivity contribution is 5.36. The molecule has 0 radical (unpaired) electrons. The lowest BCUT2D eigenvalue weighted by atomic mass is 9.87. The summed E-state index contributed by atoms with van der Waals surface area (Å²) in [4.78, 5) is 2.50. The van der Waals surface area contributed by atoms with Gasteiger partial charge >= 0.3 is 0 Å². The van der Waals surface area contributed by atoms with Crippen LogP contribution in [0, 0.1) is 5.41 Å². The fourth-order valence-corrected chi connectivity index (χ4v) is 4.11. The topological polar surface area (TPSA) is 32.7 Å². The van der Waals surface area contributed by atoms with Crippen molar-refractivity contribution >= 4 is 0 Å². The SMILES string of the molecule is OC1c2ccccc2CC1N1CCC2(CCOC2)C1. The Morgan fingerprint density at radius 1 is 1.26 bits per heavy atom. The first-order valence-corrected chi connectivity index (χ1v) is 7.35. The van der Waals surface area contributed by atoms with Gasteiger partial charge in [0.05, 0.1) is 12.7 Å². The molecule has 3 heteroatoms. The van der Waals surface area contributed by atoms with Crippen molar-refractivity contribution in [1.29, 1.82) is 0 Å². The maximum Gasteiger partial charge on any atom is 0.0951 e. The van der Waals surface area contributed by atoms with Crippen molar-refractivity contribution in [2.45, 2.75) is 31.4 Å². The van der Waals surface area contributed by atoms with Crippen molar-refractivity contribution in [3.05, 3.63) is 35.4 Å². The van der Waals surface area contributed by atoms with Gasteiger partial charge in [0, 0.05) is 24.6 Å². The third-order valence-corrected chi connectivity index (χ3v) is 5.29. The van der Waals surface area contributed by atoms with Crippen LogP contribution in [0.1, 0.15) is 30.1 Å². The predicted molar refractivity (Wildman–Crippen MR) is 73.0 cm³/mol. The molecule has 1 aromatic carbocycles. The molecule has 1 N–H and O–H groups in total. The van der Waals surface area contributed by atoms with E-state index in [1.165, 1.54) is 18.4 Å². The van der Waals surface area contributed by atoms with Crippen molar-refractivity contribution in [2.75, 3.05) is 26.3 Å². The van der Waals surface area contributed by atoms with Gasteiger partial charge in [-0.2, -0.15) is 0 Å². The number of hydrogen-bond acceptors (Lipinski definition) is 3. The zero-order valence-electron chi connectivity index (χ0n) is 11.2. The van der Waals surface area contributed by atoms with Crippen molar-refractivity contribution in [3.8, 4) is 0 Å². The summed E-state index contributed by atoms with van der Waals surface area (Å²) in [6, 6.07) is 8.61. The second-order valence-electron chi connectivity index (χ2n) is 6.44. The average molecular weight is 259 g/mol. The quantitative estimate of drug-likeness (QED) is 0.834. The molecule has 4 rings (SSSR count). The number of benzene rings is 1. The van der Waals surface area contributed by atoms with E-state index in [9.17, 15) is 5.11 Å². The molecule has 1 spiro atoms. The molecular formula is C16H21NO2. The Bertz CT molecular complexity index is 481. The minimum Gasteiger partial charge on any atom is -0.387 e. The first kappa shape index (κ1) is 11.9. The molecule has 1 aromatic rings. The summed E-state index contributed by atoms with van der Waals surface area (Å²) < 4.78 is 5.59. The lowest BCUT2D eigenvalue weighted by molar-refractivity contribution is 0.0651. The van der Waals surface area contributed by atoms with Gasteiger partial charge in [-0.3, -0.25) is 4.90 Å². The van der Waals surface area contributed by atoms with E-state index in [1.807, 2.05) is 6.07 Å². The molecule has 3 aliphatic rings. The summed E-state index contributed by atoms with van der Waals surface area (Å²) in [6.45, 7) is 4.04. The van der Waals surface area contributed by atoms with Crippen LogP contribution in [-0.4, -0.2) is 42.4 Å². The van der Waals surface area contributed by atoms with Crippen LogP contribution in [0.15, 0.2) is 24.3 Å². The van der Waals surface area contributed by atoms with Crippen LogP contribution in [0.5, 0.6) is 0 Å². The molecule has 2 heterocycles. The Hall–Kier alpha value is -0.900. The lowest BCUT2D eigenvalue weighted by Crippen LogP contribution is -2.38. The Balaban J connectivity index is 1.53. The van der Waals surface area contributed by atoms with Gasteiger partial charge in [-0.05, 0) is 36.9 Å². The van der Waals surface area contributed by atoms with Gasteiger partial charge in [-0.15, -0.1) is 0 Å². The zero-order chi connectivity index (χ0) is 12.9. The molecule has 102 valence electrons. The number of nitrogens with zero attached hydrogens (tertiary/aromatic N) is 1. The Morgan fingerprint density at radius 2 is 2.16 bits per heavy atom. The second kappa shape index (κ2) is 4.30. The third-order valence-electron chi connectivity index (χ3n) is 5.29. The summed E-state index contributed by atoms with van der Waals surface area (Å²) in [5.41, 5.74) is 2.84. The van der Waals surface area contributed by atoms with Gasteiger partial charge in [0.25, 0.3) is 0 Å². The molecule has 2 fully saturated rings. The summed E-state index contributed by atoms with van der Waals surface area (Å²) in [5.74, 6) is 0. The van der Waals surface area contributed by atoms with Gasteiger partial charge in [0.15, 0.2) is 0 Å². The average Bonchev–Trinajstić information content (AvgIpc) is 3.13. The largest absolute Gasteiger partial charge is 0.387 e. The first-order chi connectivity index (χ1) is 9.27. The highest BCUT2D eigenvalue weighted by atomic mass is 16.5.